The smallest absolute Gasteiger partial charge is 0.374 e. The van der Waals surface area contributed by atoms with Crippen LogP contribution < -0.4 is 10.1 Å². The molecule has 19 heteroatoms. The first-order valence-electron chi connectivity index (χ1n) is 20.5. The first kappa shape index (κ1) is 50.9. The van der Waals surface area contributed by atoms with Gasteiger partial charge in [-0.3, -0.25) is 34.1 Å². The third-order valence-electron chi connectivity index (χ3n) is 10.2. The van der Waals surface area contributed by atoms with Crippen LogP contribution in [0.5, 0.6) is 5.75 Å². The number of imide groups is 1. The molecule has 2 heterocycles. The number of aliphatic hydroxyl groups is 3. The summed E-state index contributed by atoms with van der Waals surface area (Å²) in [6, 6.07) is 3.79. The average Bonchev–Trinajstić information content (AvgIpc) is 3.75. The van der Waals surface area contributed by atoms with Crippen LogP contribution in [-0.2, 0) is 36.9 Å². The highest BCUT2D eigenvalue weighted by Gasteiger charge is 2.32. The van der Waals surface area contributed by atoms with E-state index in [9.17, 15) is 44.6 Å². The largest absolute Gasteiger partial charge is 0.503 e. The van der Waals surface area contributed by atoms with Crippen molar-refractivity contribution in [3.8, 4) is 5.75 Å². The van der Waals surface area contributed by atoms with E-state index in [4.69, 9.17) is 14.6 Å². The summed E-state index contributed by atoms with van der Waals surface area (Å²) in [4.78, 5) is 59.5. The van der Waals surface area contributed by atoms with Crippen LogP contribution in [0.15, 0.2) is 60.4 Å². The number of thioether (sulfide) groups is 1. The van der Waals surface area contributed by atoms with Crippen molar-refractivity contribution >= 4 is 41.1 Å². The highest BCUT2D eigenvalue weighted by atomic mass is 32.2. The van der Waals surface area contributed by atoms with Crippen molar-refractivity contribution in [3.63, 3.8) is 0 Å². The van der Waals surface area contributed by atoms with Crippen LogP contribution in [0.25, 0.3) is 0 Å². The molecule has 5 N–H and O–H groups in total. The third-order valence-corrected chi connectivity index (χ3v) is 11.5. The molecule has 62 heavy (non-hydrogen) atoms. The number of hydrogen-bond acceptors (Lipinski definition) is 14. The first-order chi connectivity index (χ1) is 28.8. The molecule has 0 bridgehead atoms. The Kier molecular flexibility index (Phi) is 18.1. The predicted molar refractivity (Wildman–Crippen MR) is 232 cm³/mol. The van der Waals surface area contributed by atoms with Gasteiger partial charge in [0, 0.05) is 62.1 Å². The summed E-state index contributed by atoms with van der Waals surface area (Å²) < 4.78 is 12.7. The number of aromatic nitrogens is 3. The summed E-state index contributed by atoms with van der Waals surface area (Å²) >= 11 is 1.62. The molecule has 2 aromatic rings. The number of nitro groups is 1. The third kappa shape index (κ3) is 15.8. The van der Waals surface area contributed by atoms with Gasteiger partial charge in [-0.1, -0.05) is 72.2 Å². The fourth-order valence-electron chi connectivity index (χ4n) is 6.74. The SMILES string of the molecule is C=C(O[C@H](Cc1cn(CC(C)(C)CCCC(C)(C)CNC(=O)CCCCCN2C(=O)C=CC2=O)nn1)c1ccc(OC(O)/C(O)=C(/O)C(=O)O)c([N+](=O)[O-])c1)C(C)(C)SC(C)C. The Morgan fingerprint density at radius 1 is 0.984 bits per heavy atom. The van der Waals surface area contributed by atoms with Crippen LogP contribution in [-0.4, -0.2) is 98.3 Å². The minimum absolute atomic E-state index is 0.0275. The van der Waals surface area contributed by atoms with Gasteiger partial charge in [0.25, 0.3) is 18.1 Å². The van der Waals surface area contributed by atoms with Gasteiger partial charge in [-0.2, -0.15) is 0 Å². The lowest BCUT2D eigenvalue weighted by atomic mass is 9.81. The van der Waals surface area contributed by atoms with Crippen LogP contribution in [0.2, 0.25) is 0 Å². The number of nitrogens with one attached hydrogen (secondary N) is 1. The molecular weight excluding hydrogens is 825 g/mol. The van der Waals surface area contributed by atoms with Crippen molar-refractivity contribution in [1.29, 1.82) is 0 Å². The number of carbonyl (C=O) groups is 4. The van der Waals surface area contributed by atoms with E-state index in [0.29, 0.717) is 55.9 Å². The molecule has 0 saturated heterocycles. The molecule has 3 rings (SSSR count). The maximum absolute atomic E-state index is 12.5. The van der Waals surface area contributed by atoms with Crippen LogP contribution in [0.3, 0.4) is 0 Å². The van der Waals surface area contributed by atoms with Gasteiger partial charge < -0.3 is 35.2 Å². The second-order valence-corrected chi connectivity index (χ2v) is 19.9. The van der Waals surface area contributed by atoms with E-state index in [0.717, 1.165) is 31.7 Å². The highest BCUT2D eigenvalue weighted by molar-refractivity contribution is 8.01. The minimum atomic E-state index is -2.42. The maximum Gasteiger partial charge on any atom is 0.374 e. The van der Waals surface area contributed by atoms with Gasteiger partial charge in [0.05, 0.1) is 15.4 Å². The lowest BCUT2D eigenvalue weighted by Gasteiger charge is -2.31. The second kappa shape index (κ2) is 22.1. The molecule has 1 aromatic carbocycles. The molecule has 0 spiro atoms. The number of nitro benzene ring substituents is 1. The molecule has 342 valence electrons. The Bertz CT molecular complexity index is 1990. The number of unbranched alkanes of at least 4 members (excludes halogenated alkanes) is 2. The van der Waals surface area contributed by atoms with E-state index in [1.807, 2.05) is 27.7 Å². The molecule has 1 aliphatic heterocycles. The van der Waals surface area contributed by atoms with Crippen molar-refractivity contribution in [2.45, 2.75) is 136 Å². The second-order valence-electron chi connectivity index (χ2n) is 17.7. The number of rotatable bonds is 27. The summed E-state index contributed by atoms with van der Waals surface area (Å²) in [5.41, 5.74) is -0.0865. The molecule has 1 unspecified atom stereocenters. The van der Waals surface area contributed by atoms with Crippen LogP contribution in [0.1, 0.15) is 118 Å². The van der Waals surface area contributed by atoms with Gasteiger partial charge in [0.2, 0.25) is 23.2 Å². The van der Waals surface area contributed by atoms with Crippen molar-refractivity contribution in [2.75, 3.05) is 13.1 Å². The molecule has 2 atom stereocenters. The summed E-state index contributed by atoms with van der Waals surface area (Å²) in [7, 11) is 0. The fraction of sp³-hybridized carbons (Fsp3) is 0.581. The summed E-state index contributed by atoms with van der Waals surface area (Å²) in [6.45, 7) is 22.1. The van der Waals surface area contributed by atoms with E-state index in [1.165, 1.54) is 29.2 Å². The molecule has 3 amide bonds. The summed E-state index contributed by atoms with van der Waals surface area (Å²) in [5.74, 6) is -5.69. The average molecular weight is 887 g/mol. The van der Waals surface area contributed by atoms with Gasteiger partial charge in [-0.15, -0.1) is 16.9 Å². The van der Waals surface area contributed by atoms with Gasteiger partial charge in [-0.25, -0.2) is 4.79 Å². The zero-order valence-electron chi connectivity index (χ0n) is 36.9. The fourth-order valence-corrected chi connectivity index (χ4v) is 8.09. The van der Waals surface area contributed by atoms with Crippen LogP contribution in [0, 0.1) is 20.9 Å². The molecule has 1 aliphatic rings. The molecular formula is C43H62N6O12S. The molecule has 1 aromatic heterocycles. The lowest BCUT2D eigenvalue weighted by Crippen LogP contribution is -2.34. The van der Waals surface area contributed by atoms with Crippen molar-refractivity contribution in [2.24, 2.45) is 10.8 Å². The Morgan fingerprint density at radius 2 is 1.63 bits per heavy atom. The Labute approximate surface area is 366 Å². The number of aliphatic carboxylic acids is 1. The van der Waals surface area contributed by atoms with Crippen molar-refractivity contribution in [3.05, 3.63) is 81.8 Å². The van der Waals surface area contributed by atoms with Crippen LogP contribution >= 0.6 is 11.8 Å². The van der Waals surface area contributed by atoms with Crippen LogP contribution in [0.4, 0.5) is 5.69 Å². The minimum Gasteiger partial charge on any atom is -0.503 e. The molecule has 0 saturated carbocycles. The van der Waals surface area contributed by atoms with Crippen molar-refractivity contribution in [1.82, 2.24) is 25.2 Å². The first-order valence-corrected chi connectivity index (χ1v) is 21.4. The van der Waals surface area contributed by atoms with Gasteiger partial charge >= 0.3 is 11.7 Å². The van der Waals surface area contributed by atoms with Crippen molar-refractivity contribution < 1.29 is 54.0 Å². The standard InChI is InChI=1S/C43H62N6O12S/c1-27(2)62-43(8,9)28(3)60-33(29-15-16-32(31(22-29)49(58)59)61-40(57)38(54)37(53)39(55)56)23-30-24-47(46-45-30)26-42(6,7)20-13-19-41(4,5)25-44-34(50)14-11-10-12-21-48-35(51)17-18-36(48)52/h15-18,22,24,27,33,40,53-54,57H,3,10-14,19-21,23,25-26H2,1-2,4-9H3,(H,44,50)(H,55,56)/b38-37-/t33-,40?/m1/s1. The van der Waals surface area contributed by atoms with E-state index >= 15 is 0 Å². The van der Waals surface area contributed by atoms with Gasteiger partial charge in [0.15, 0.2) is 0 Å². The number of carboxylic acid groups (broad SMARTS) is 1. The normalized spacial score (nSPS) is 14.8. The van der Waals surface area contributed by atoms with Gasteiger partial charge in [0.1, 0.15) is 11.9 Å². The predicted octanol–water partition coefficient (Wildman–Crippen LogP) is 6.85. The monoisotopic (exact) mass is 886 g/mol. The zero-order valence-corrected chi connectivity index (χ0v) is 37.7. The van der Waals surface area contributed by atoms with E-state index in [2.05, 4.69) is 49.9 Å². The Hall–Kier alpha value is -5.43. The number of hydrogen-bond donors (Lipinski definition) is 5. The quantitative estimate of drug-likeness (QED) is 0.0117. The summed E-state index contributed by atoms with van der Waals surface area (Å²) in [6.07, 6.45) is 6.25. The maximum atomic E-state index is 12.5. The van der Waals surface area contributed by atoms with E-state index < -0.39 is 51.0 Å². The Balaban J connectivity index is 1.63. The number of aliphatic hydroxyl groups excluding tert-OH is 3. The molecule has 18 nitrogen and oxygen atoms in total. The number of amides is 3. The lowest BCUT2D eigenvalue weighted by molar-refractivity contribution is -0.386. The highest BCUT2D eigenvalue weighted by Crippen LogP contribution is 2.40. The molecule has 0 aliphatic carbocycles. The topological polar surface area (TPSA) is 257 Å². The van der Waals surface area contributed by atoms with E-state index in [-0.39, 0.29) is 40.2 Å². The number of nitrogens with zero attached hydrogens (tertiary/aromatic N) is 5. The van der Waals surface area contributed by atoms with E-state index in [1.54, 1.807) is 22.6 Å². The Morgan fingerprint density at radius 3 is 2.24 bits per heavy atom. The number of carboxylic acids is 1. The summed E-state index contributed by atoms with van der Waals surface area (Å²) in [5, 5.41) is 62.7. The number of ether oxygens (including phenoxy) is 2. The zero-order chi connectivity index (χ0) is 46.6. The number of carbonyl (C=O) groups excluding carboxylic acids is 3. The number of benzene rings is 1. The molecule has 0 radical (unpaired) electrons. The van der Waals surface area contributed by atoms with Gasteiger partial charge in [-0.05, 0) is 62.0 Å². The molecule has 0 fully saturated rings.